The standard InChI is InChI=1S/C29H23ClFN3O.C2H6/c1-2-19-6-8-21(9-7-19)22-10-12-27-25(15-22)29(33-18-32-27)34-24-11-13-28(26(30)16-24)35-17-20-4-3-5-23(31)14-20;1-2/h3-16,18H,2,17H2,1H3,(H,32,33,34);1-2H3. The number of halogens is 2. The van der Waals surface area contributed by atoms with E-state index in [4.69, 9.17) is 16.3 Å². The Kier molecular flexibility index (Phi) is 8.70. The summed E-state index contributed by atoms with van der Waals surface area (Å²) in [5, 5.41) is 4.71. The van der Waals surface area contributed by atoms with Gasteiger partial charge in [0.1, 0.15) is 30.3 Å². The van der Waals surface area contributed by atoms with E-state index in [1.54, 1.807) is 30.6 Å². The number of fused-ring (bicyclic) bond motifs is 1. The molecular formula is C31H29ClFN3O. The zero-order valence-corrected chi connectivity index (χ0v) is 21.9. The van der Waals surface area contributed by atoms with E-state index in [0.29, 0.717) is 16.6 Å². The van der Waals surface area contributed by atoms with E-state index in [-0.39, 0.29) is 12.4 Å². The molecule has 0 aliphatic carbocycles. The molecule has 0 saturated heterocycles. The molecule has 0 bridgehead atoms. The van der Waals surface area contributed by atoms with Crippen LogP contribution in [0.4, 0.5) is 15.9 Å². The molecule has 0 aliphatic rings. The zero-order chi connectivity index (χ0) is 26.2. The summed E-state index contributed by atoms with van der Waals surface area (Å²) in [4.78, 5) is 8.88. The molecule has 6 heteroatoms. The maximum Gasteiger partial charge on any atom is 0.141 e. The van der Waals surface area contributed by atoms with Crippen molar-refractivity contribution in [3.63, 3.8) is 0 Å². The second-order valence-corrected chi connectivity index (χ2v) is 8.60. The first-order valence-electron chi connectivity index (χ1n) is 12.4. The lowest BCUT2D eigenvalue weighted by Gasteiger charge is -2.12. The van der Waals surface area contributed by atoms with Crippen molar-refractivity contribution in [2.75, 3.05) is 5.32 Å². The lowest BCUT2D eigenvalue weighted by atomic mass is 10.0. The summed E-state index contributed by atoms with van der Waals surface area (Å²) < 4.78 is 19.2. The van der Waals surface area contributed by atoms with Gasteiger partial charge in [0.15, 0.2) is 0 Å². The van der Waals surface area contributed by atoms with Crippen molar-refractivity contribution in [1.29, 1.82) is 0 Å². The molecule has 0 unspecified atom stereocenters. The molecule has 0 saturated carbocycles. The van der Waals surface area contributed by atoms with Gasteiger partial charge in [-0.25, -0.2) is 14.4 Å². The first-order chi connectivity index (χ1) is 18.1. The number of aromatic nitrogens is 2. The van der Waals surface area contributed by atoms with Crippen LogP contribution >= 0.6 is 11.6 Å². The summed E-state index contributed by atoms with van der Waals surface area (Å²) in [7, 11) is 0. The van der Waals surface area contributed by atoms with E-state index in [2.05, 4.69) is 58.6 Å². The van der Waals surface area contributed by atoms with E-state index in [0.717, 1.165) is 39.7 Å². The molecule has 5 aromatic rings. The number of hydrogen-bond acceptors (Lipinski definition) is 4. The maximum absolute atomic E-state index is 13.4. The van der Waals surface area contributed by atoms with Crippen LogP contribution in [0, 0.1) is 5.82 Å². The van der Waals surface area contributed by atoms with Crippen LogP contribution in [0.15, 0.2) is 91.3 Å². The van der Waals surface area contributed by atoms with E-state index < -0.39 is 0 Å². The third-order valence-corrected chi connectivity index (χ3v) is 6.10. The van der Waals surface area contributed by atoms with Gasteiger partial charge in [-0.1, -0.05) is 74.8 Å². The second kappa shape index (κ2) is 12.3. The summed E-state index contributed by atoms with van der Waals surface area (Å²) in [6.07, 6.45) is 2.55. The maximum atomic E-state index is 13.4. The Bertz CT molecular complexity index is 1490. The summed E-state index contributed by atoms with van der Waals surface area (Å²) in [6.45, 7) is 6.37. The lowest BCUT2D eigenvalue weighted by molar-refractivity contribution is 0.306. The predicted octanol–water partition coefficient (Wildman–Crippen LogP) is 9.00. The van der Waals surface area contributed by atoms with E-state index in [9.17, 15) is 4.39 Å². The molecule has 5 rings (SSSR count). The van der Waals surface area contributed by atoms with Crippen molar-refractivity contribution in [1.82, 2.24) is 9.97 Å². The first-order valence-corrected chi connectivity index (χ1v) is 12.7. The molecule has 188 valence electrons. The molecule has 4 aromatic carbocycles. The highest BCUT2D eigenvalue weighted by molar-refractivity contribution is 6.32. The smallest absolute Gasteiger partial charge is 0.141 e. The van der Waals surface area contributed by atoms with Gasteiger partial charge >= 0.3 is 0 Å². The highest BCUT2D eigenvalue weighted by Crippen LogP contribution is 2.32. The van der Waals surface area contributed by atoms with Crippen molar-refractivity contribution in [2.45, 2.75) is 33.8 Å². The van der Waals surface area contributed by atoms with Gasteiger partial charge in [0.25, 0.3) is 0 Å². The Labute approximate surface area is 222 Å². The van der Waals surface area contributed by atoms with Crippen molar-refractivity contribution in [2.24, 2.45) is 0 Å². The number of benzene rings is 4. The number of nitrogens with zero attached hydrogens (tertiary/aromatic N) is 2. The van der Waals surface area contributed by atoms with Crippen molar-refractivity contribution < 1.29 is 9.13 Å². The van der Waals surface area contributed by atoms with E-state index >= 15 is 0 Å². The highest BCUT2D eigenvalue weighted by atomic mass is 35.5. The molecule has 0 atom stereocenters. The third-order valence-electron chi connectivity index (χ3n) is 5.81. The number of aryl methyl sites for hydroxylation is 1. The SMILES string of the molecule is CC.CCc1ccc(-c2ccc3ncnc(Nc4ccc(OCc5cccc(F)c5)c(Cl)c4)c3c2)cc1. The first kappa shape index (κ1) is 26.1. The van der Waals surface area contributed by atoms with Gasteiger partial charge < -0.3 is 10.1 Å². The van der Waals surface area contributed by atoms with Crippen molar-refractivity contribution in [3.8, 4) is 16.9 Å². The molecule has 1 aromatic heterocycles. The van der Waals surface area contributed by atoms with Gasteiger partial charge in [-0.15, -0.1) is 0 Å². The monoisotopic (exact) mass is 513 g/mol. The van der Waals surface area contributed by atoms with Crippen molar-refractivity contribution >= 4 is 34.0 Å². The molecule has 4 nitrogen and oxygen atoms in total. The quantitative estimate of drug-likeness (QED) is 0.236. The van der Waals surface area contributed by atoms with Gasteiger partial charge in [0.05, 0.1) is 10.5 Å². The Morgan fingerprint density at radius 1 is 0.838 bits per heavy atom. The summed E-state index contributed by atoms with van der Waals surface area (Å²) in [5.41, 5.74) is 5.89. The van der Waals surface area contributed by atoms with Crippen LogP contribution in [0.5, 0.6) is 5.75 Å². The van der Waals surface area contributed by atoms with Gasteiger partial charge in [0.2, 0.25) is 0 Å². The van der Waals surface area contributed by atoms with E-state index in [1.807, 2.05) is 26.0 Å². The molecule has 0 aliphatic heterocycles. The summed E-state index contributed by atoms with van der Waals surface area (Å²) in [6, 6.07) is 26.5. The molecule has 0 radical (unpaired) electrons. The van der Waals surface area contributed by atoms with Crippen LogP contribution in [0.3, 0.4) is 0 Å². The minimum Gasteiger partial charge on any atom is -0.487 e. The molecule has 0 amide bonds. The van der Waals surface area contributed by atoms with Gasteiger partial charge in [-0.3, -0.25) is 0 Å². The van der Waals surface area contributed by atoms with Crippen LogP contribution in [-0.4, -0.2) is 9.97 Å². The molecule has 0 fully saturated rings. The minimum atomic E-state index is -0.296. The summed E-state index contributed by atoms with van der Waals surface area (Å²) >= 11 is 6.47. The average Bonchev–Trinajstić information content (AvgIpc) is 2.94. The molecule has 1 N–H and O–H groups in total. The Morgan fingerprint density at radius 3 is 2.35 bits per heavy atom. The topological polar surface area (TPSA) is 47.0 Å². The van der Waals surface area contributed by atoms with Crippen LogP contribution in [0.2, 0.25) is 5.02 Å². The van der Waals surface area contributed by atoms with E-state index in [1.165, 1.54) is 17.7 Å². The zero-order valence-electron chi connectivity index (χ0n) is 21.1. The molecular weight excluding hydrogens is 485 g/mol. The number of anilines is 2. The molecule has 0 spiro atoms. The average molecular weight is 514 g/mol. The fourth-order valence-electron chi connectivity index (χ4n) is 3.89. The lowest BCUT2D eigenvalue weighted by Crippen LogP contribution is -1.99. The van der Waals surface area contributed by atoms with Gasteiger partial charge in [0, 0.05) is 11.1 Å². The Morgan fingerprint density at radius 2 is 1.62 bits per heavy atom. The Hall–Kier alpha value is -3.96. The molecule has 37 heavy (non-hydrogen) atoms. The number of ether oxygens (including phenoxy) is 1. The van der Waals surface area contributed by atoms with Crippen LogP contribution in [0.25, 0.3) is 22.0 Å². The highest BCUT2D eigenvalue weighted by Gasteiger charge is 2.09. The minimum absolute atomic E-state index is 0.225. The fraction of sp³-hybridized carbons (Fsp3) is 0.161. The molecule has 1 heterocycles. The number of rotatable bonds is 7. The van der Waals surface area contributed by atoms with Crippen LogP contribution in [-0.2, 0) is 13.0 Å². The predicted molar refractivity (Wildman–Crippen MR) is 151 cm³/mol. The number of hydrogen-bond donors (Lipinski definition) is 1. The normalized spacial score (nSPS) is 10.5. The fourth-order valence-corrected chi connectivity index (χ4v) is 4.12. The third kappa shape index (κ3) is 6.43. The Balaban J connectivity index is 0.00000156. The van der Waals surface area contributed by atoms with Crippen molar-refractivity contribution in [3.05, 3.63) is 113 Å². The van der Waals surface area contributed by atoms with Gasteiger partial charge in [-0.05, 0) is 71.1 Å². The van der Waals surface area contributed by atoms with Crippen LogP contribution < -0.4 is 10.1 Å². The second-order valence-electron chi connectivity index (χ2n) is 8.19. The largest absolute Gasteiger partial charge is 0.487 e. The van der Waals surface area contributed by atoms with Crippen LogP contribution in [0.1, 0.15) is 31.9 Å². The summed E-state index contributed by atoms with van der Waals surface area (Å²) in [5.74, 6) is 0.910. The number of nitrogens with one attached hydrogen (secondary N) is 1. The van der Waals surface area contributed by atoms with Gasteiger partial charge in [-0.2, -0.15) is 0 Å².